The molecule has 1 amide bonds. The predicted molar refractivity (Wildman–Crippen MR) is 52.4 cm³/mol. The number of ether oxygens (including phenoxy) is 1. The monoisotopic (exact) mass is 269 g/mol. The molecular weight excluding hydrogens is 261 g/mol. The Kier molecular flexibility index (Phi) is 3.78. The average molecular weight is 269 g/mol. The molecule has 8 heteroatoms. The van der Waals surface area contributed by atoms with Crippen molar-refractivity contribution in [2.45, 2.75) is 12.1 Å². The summed E-state index contributed by atoms with van der Waals surface area (Å²) in [6.07, 6.45) is -6.67. The maximum Gasteiger partial charge on any atom is 0.458 e. The Morgan fingerprint density at radius 3 is 2.33 bits per heavy atom. The van der Waals surface area contributed by atoms with Gasteiger partial charge in [0, 0.05) is 11.3 Å². The lowest BCUT2D eigenvalue weighted by Gasteiger charge is -2.20. The highest BCUT2D eigenvalue weighted by atomic mass is 19.4. The van der Waals surface area contributed by atoms with E-state index in [9.17, 15) is 26.7 Å². The van der Waals surface area contributed by atoms with Gasteiger partial charge in [0.1, 0.15) is 0 Å². The van der Waals surface area contributed by atoms with Crippen molar-refractivity contribution in [3.05, 3.63) is 29.8 Å². The van der Waals surface area contributed by atoms with Crippen LogP contribution in [0.5, 0.6) is 0 Å². The number of nitrogens with one attached hydrogen (secondary N) is 1. The molecule has 100 valence electrons. The van der Waals surface area contributed by atoms with Gasteiger partial charge in [-0.1, -0.05) is 12.1 Å². The van der Waals surface area contributed by atoms with Crippen molar-refractivity contribution < 1.29 is 31.5 Å². The Hall–Kier alpha value is -1.86. The van der Waals surface area contributed by atoms with E-state index in [4.69, 9.17) is 0 Å². The van der Waals surface area contributed by atoms with Crippen LogP contribution in [0.15, 0.2) is 24.3 Å². The Labute approximate surface area is 98.5 Å². The van der Waals surface area contributed by atoms with Gasteiger partial charge >= 0.3 is 18.2 Å². The van der Waals surface area contributed by atoms with Crippen LogP contribution >= 0.6 is 0 Å². The molecule has 3 nitrogen and oxygen atoms in total. The summed E-state index contributed by atoms with van der Waals surface area (Å²) in [6.45, 7) is 0. The molecule has 1 aromatic carbocycles. The number of hydrogen-bond acceptors (Lipinski definition) is 2. The predicted octanol–water partition coefficient (Wildman–Crippen LogP) is 3.52. The Morgan fingerprint density at radius 1 is 1.22 bits per heavy atom. The van der Waals surface area contributed by atoms with Gasteiger partial charge in [-0.2, -0.15) is 22.0 Å². The van der Waals surface area contributed by atoms with E-state index in [-0.39, 0.29) is 5.69 Å². The van der Waals surface area contributed by atoms with E-state index in [0.717, 1.165) is 19.2 Å². The standard InChI is InChI=1S/C10H8F5NO2/c1-18-8(17)16-7-4-2-3-6(5-7)9(11,12)10(13,14)15/h2-5H,1H3,(H,16,17). The van der Waals surface area contributed by atoms with Crippen molar-refractivity contribution in [3.63, 3.8) is 0 Å². The van der Waals surface area contributed by atoms with Gasteiger partial charge in [0.25, 0.3) is 0 Å². The van der Waals surface area contributed by atoms with E-state index in [2.05, 4.69) is 4.74 Å². The number of methoxy groups -OCH3 is 1. The molecule has 0 spiro atoms. The molecule has 0 aliphatic carbocycles. The van der Waals surface area contributed by atoms with Gasteiger partial charge in [-0.15, -0.1) is 0 Å². The first-order valence-electron chi connectivity index (χ1n) is 4.58. The molecule has 1 rings (SSSR count). The third kappa shape index (κ3) is 2.88. The average Bonchev–Trinajstić information content (AvgIpc) is 2.27. The molecule has 0 bridgehead atoms. The summed E-state index contributed by atoms with van der Waals surface area (Å²) in [4.78, 5) is 10.8. The van der Waals surface area contributed by atoms with Gasteiger partial charge in [-0.05, 0) is 12.1 Å². The second kappa shape index (κ2) is 4.79. The second-order valence-corrected chi connectivity index (χ2v) is 3.27. The molecule has 0 aliphatic rings. The molecule has 0 radical (unpaired) electrons. The first-order chi connectivity index (χ1) is 8.18. The summed E-state index contributed by atoms with van der Waals surface area (Å²) in [7, 11) is 1.03. The first kappa shape index (κ1) is 14.2. The minimum absolute atomic E-state index is 0.219. The van der Waals surface area contributed by atoms with Crippen molar-refractivity contribution >= 4 is 11.8 Å². The SMILES string of the molecule is COC(=O)Nc1cccc(C(F)(F)C(F)(F)F)c1. The normalized spacial score (nSPS) is 12.1. The lowest BCUT2D eigenvalue weighted by Crippen LogP contribution is -2.33. The number of carbonyl (C=O) groups is 1. The van der Waals surface area contributed by atoms with Crippen LogP contribution < -0.4 is 5.32 Å². The largest absolute Gasteiger partial charge is 0.458 e. The minimum Gasteiger partial charge on any atom is -0.453 e. The molecule has 1 aromatic rings. The van der Waals surface area contributed by atoms with E-state index in [1.54, 1.807) is 0 Å². The molecule has 0 saturated heterocycles. The highest BCUT2D eigenvalue weighted by Gasteiger charge is 2.58. The van der Waals surface area contributed by atoms with Crippen molar-refractivity contribution in [1.29, 1.82) is 0 Å². The van der Waals surface area contributed by atoms with Crippen molar-refractivity contribution in [1.82, 2.24) is 0 Å². The molecule has 0 fully saturated rings. The number of carbonyl (C=O) groups excluding carboxylic acids is 1. The maximum atomic E-state index is 13.0. The van der Waals surface area contributed by atoms with Crippen LogP contribution in [0.2, 0.25) is 0 Å². The van der Waals surface area contributed by atoms with Crippen LogP contribution in [0.4, 0.5) is 32.4 Å². The van der Waals surface area contributed by atoms with Gasteiger partial charge in [0.05, 0.1) is 7.11 Å². The van der Waals surface area contributed by atoms with Crippen molar-refractivity contribution in [2.24, 2.45) is 0 Å². The summed E-state index contributed by atoms with van der Waals surface area (Å²) in [5.74, 6) is -4.99. The molecular formula is C10H8F5NO2. The van der Waals surface area contributed by atoms with E-state index in [0.29, 0.717) is 12.1 Å². The molecule has 0 saturated carbocycles. The Morgan fingerprint density at radius 2 is 1.83 bits per heavy atom. The number of rotatable bonds is 2. The topological polar surface area (TPSA) is 38.3 Å². The van der Waals surface area contributed by atoms with Crippen LogP contribution in [-0.2, 0) is 10.7 Å². The summed E-state index contributed by atoms with van der Waals surface area (Å²) < 4.78 is 66.5. The zero-order chi connectivity index (χ0) is 14.0. The third-order valence-electron chi connectivity index (χ3n) is 2.01. The lowest BCUT2D eigenvalue weighted by molar-refractivity contribution is -0.289. The third-order valence-corrected chi connectivity index (χ3v) is 2.01. The van der Waals surface area contributed by atoms with E-state index in [1.807, 2.05) is 5.32 Å². The number of amides is 1. The van der Waals surface area contributed by atoms with Crippen LogP contribution in [0.25, 0.3) is 0 Å². The van der Waals surface area contributed by atoms with Gasteiger partial charge in [-0.25, -0.2) is 4.79 Å². The summed E-state index contributed by atoms with van der Waals surface area (Å²) in [6, 6.07) is 3.29. The number of anilines is 1. The van der Waals surface area contributed by atoms with E-state index < -0.39 is 23.8 Å². The molecule has 0 heterocycles. The molecule has 0 aliphatic heterocycles. The van der Waals surface area contributed by atoms with Crippen LogP contribution in [0.3, 0.4) is 0 Å². The fourth-order valence-electron chi connectivity index (χ4n) is 1.12. The van der Waals surface area contributed by atoms with Crippen molar-refractivity contribution in [2.75, 3.05) is 12.4 Å². The Bertz CT molecular complexity index is 444. The minimum atomic E-state index is -5.70. The zero-order valence-corrected chi connectivity index (χ0v) is 9.02. The molecule has 0 unspecified atom stereocenters. The molecule has 1 N–H and O–H groups in total. The first-order valence-corrected chi connectivity index (χ1v) is 4.58. The van der Waals surface area contributed by atoms with Crippen LogP contribution in [0, 0.1) is 0 Å². The number of halogens is 5. The highest BCUT2D eigenvalue weighted by molar-refractivity contribution is 5.84. The second-order valence-electron chi connectivity index (χ2n) is 3.27. The lowest BCUT2D eigenvalue weighted by atomic mass is 10.1. The summed E-state index contributed by atoms with van der Waals surface area (Å²) in [5, 5.41) is 1.99. The number of benzene rings is 1. The van der Waals surface area contributed by atoms with Gasteiger partial charge in [-0.3, -0.25) is 5.32 Å². The van der Waals surface area contributed by atoms with Crippen LogP contribution in [0.1, 0.15) is 5.56 Å². The molecule has 18 heavy (non-hydrogen) atoms. The Balaban J connectivity index is 3.06. The number of alkyl halides is 5. The van der Waals surface area contributed by atoms with E-state index >= 15 is 0 Å². The maximum absolute atomic E-state index is 13.0. The summed E-state index contributed by atoms with van der Waals surface area (Å²) >= 11 is 0. The highest BCUT2D eigenvalue weighted by Crippen LogP contribution is 2.44. The quantitative estimate of drug-likeness (QED) is 0.834. The van der Waals surface area contributed by atoms with Gasteiger partial charge in [0.15, 0.2) is 0 Å². The zero-order valence-electron chi connectivity index (χ0n) is 9.02. The molecule has 0 aromatic heterocycles. The molecule has 0 atom stereocenters. The van der Waals surface area contributed by atoms with Gasteiger partial charge < -0.3 is 4.74 Å². The van der Waals surface area contributed by atoms with E-state index in [1.165, 1.54) is 0 Å². The fraction of sp³-hybridized carbons (Fsp3) is 0.300. The van der Waals surface area contributed by atoms with Crippen LogP contribution in [-0.4, -0.2) is 19.4 Å². The van der Waals surface area contributed by atoms with Gasteiger partial charge in [0.2, 0.25) is 0 Å². The van der Waals surface area contributed by atoms with Crippen molar-refractivity contribution in [3.8, 4) is 0 Å². The fourth-order valence-corrected chi connectivity index (χ4v) is 1.12. The smallest absolute Gasteiger partial charge is 0.453 e. The number of hydrogen-bond donors (Lipinski definition) is 1. The summed E-state index contributed by atoms with van der Waals surface area (Å²) in [5.41, 5.74) is -1.48.